The summed E-state index contributed by atoms with van der Waals surface area (Å²) in [4.78, 5) is 78.9. The zero-order valence-corrected chi connectivity index (χ0v) is 38.0. The summed E-state index contributed by atoms with van der Waals surface area (Å²) in [6.07, 6.45) is 0.0196. The monoisotopic (exact) mass is 872 g/mol. The van der Waals surface area contributed by atoms with Gasteiger partial charge < -0.3 is 43.0 Å². The predicted molar refractivity (Wildman–Crippen MR) is 227 cm³/mol. The van der Waals surface area contributed by atoms with Crippen LogP contribution >= 0.6 is 0 Å². The van der Waals surface area contributed by atoms with Gasteiger partial charge in [-0.1, -0.05) is 68.4 Å². The average Bonchev–Trinajstić information content (AvgIpc) is 3.31. The van der Waals surface area contributed by atoms with Crippen LogP contribution in [0, 0.1) is 40.9 Å². The van der Waals surface area contributed by atoms with Crippen LogP contribution in [0.15, 0.2) is 54.6 Å². The zero-order valence-electron chi connectivity index (χ0n) is 38.0. The van der Waals surface area contributed by atoms with Crippen molar-refractivity contribution in [2.24, 2.45) is 40.9 Å². The van der Waals surface area contributed by atoms with Gasteiger partial charge in [0.25, 0.3) is 0 Å². The van der Waals surface area contributed by atoms with Crippen molar-refractivity contribution in [3.05, 3.63) is 71.3 Å². The molecular weight excluding hydrogens is 805 g/mol. The van der Waals surface area contributed by atoms with Gasteiger partial charge in [-0.15, -0.1) is 0 Å². The van der Waals surface area contributed by atoms with Crippen LogP contribution in [0.25, 0.3) is 0 Å². The lowest BCUT2D eigenvalue weighted by atomic mass is 9.71. The first-order valence-corrected chi connectivity index (χ1v) is 20.9. The van der Waals surface area contributed by atoms with Crippen LogP contribution in [0.4, 0.5) is 0 Å². The highest BCUT2D eigenvalue weighted by molar-refractivity contribution is 5.80. The molecule has 0 saturated heterocycles. The molecule has 0 saturated carbocycles. The number of esters is 6. The van der Waals surface area contributed by atoms with E-state index in [-0.39, 0.29) is 38.5 Å². The first-order valence-electron chi connectivity index (χ1n) is 20.9. The Bertz CT molecular complexity index is 1700. The van der Waals surface area contributed by atoms with Gasteiger partial charge in [0.2, 0.25) is 0 Å². The standard InChI is InChI=1S/C47H68O15/c1-11-47(29-55-3,22-21-31-17-19-33(20-18-31)40(48)32-15-13-12-14-16-32)39(56-4)28-38(46(54)62-10)27-37(45(53)61-9)26-36(44(52)60-8)25-35(43(51)59-7)24-34(42(50)58-6)23-30(2)41(49)57-5/h12-20,30,34-40,48H,11,21-29H2,1-10H3. The smallest absolute Gasteiger partial charge is 0.308 e. The van der Waals surface area contributed by atoms with Crippen LogP contribution in [0.1, 0.15) is 88.0 Å². The van der Waals surface area contributed by atoms with Crippen molar-refractivity contribution in [2.75, 3.05) is 63.5 Å². The second-order valence-corrected chi connectivity index (χ2v) is 15.9. The number of hydrogen-bond donors (Lipinski definition) is 1. The summed E-state index contributed by atoms with van der Waals surface area (Å²) in [5.74, 6) is -9.75. The maximum absolute atomic E-state index is 13.6. The third-order valence-corrected chi connectivity index (χ3v) is 12.1. The van der Waals surface area contributed by atoms with Crippen molar-refractivity contribution in [2.45, 2.75) is 83.8 Å². The topological polar surface area (TPSA) is 196 Å². The summed E-state index contributed by atoms with van der Waals surface area (Å²) in [5, 5.41) is 10.9. The van der Waals surface area contributed by atoms with Crippen molar-refractivity contribution in [1.29, 1.82) is 0 Å². The van der Waals surface area contributed by atoms with Crippen LogP contribution < -0.4 is 0 Å². The van der Waals surface area contributed by atoms with Crippen molar-refractivity contribution in [3.63, 3.8) is 0 Å². The quantitative estimate of drug-likeness (QED) is 0.0789. The van der Waals surface area contributed by atoms with Crippen LogP contribution in [-0.4, -0.2) is 111 Å². The Labute approximate surface area is 366 Å². The number of aliphatic hydroxyl groups excluding tert-OH is 1. The summed E-state index contributed by atoms with van der Waals surface area (Å²) in [6, 6.07) is 17.2. The molecule has 15 nitrogen and oxygen atoms in total. The fourth-order valence-corrected chi connectivity index (χ4v) is 8.44. The molecule has 2 aromatic rings. The van der Waals surface area contributed by atoms with Gasteiger partial charge in [0.15, 0.2) is 0 Å². The molecule has 0 amide bonds. The van der Waals surface area contributed by atoms with Gasteiger partial charge in [-0.2, -0.15) is 0 Å². The minimum atomic E-state index is -1.09. The number of benzene rings is 2. The van der Waals surface area contributed by atoms with E-state index in [0.29, 0.717) is 25.9 Å². The van der Waals surface area contributed by atoms with Crippen LogP contribution in [-0.2, 0) is 73.1 Å². The third kappa shape index (κ3) is 15.5. The summed E-state index contributed by atoms with van der Waals surface area (Å²) in [6.45, 7) is 3.90. The van der Waals surface area contributed by atoms with E-state index in [0.717, 1.165) is 16.7 Å². The van der Waals surface area contributed by atoms with Crippen molar-refractivity contribution in [1.82, 2.24) is 0 Å². The molecule has 0 fully saturated rings. The molecule has 9 atom stereocenters. The Balaban J connectivity index is 2.43. The van der Waals surface area contributed by atoms with E-state index < -0.39 is 88.9 Å². The van der Waals surface area contributed by atoms with Gasteiger partial charge in [-0.3, -0.25) is 28.8 Å². The largest absolute Gasteiger partial charge is 0.469 e. The fraction of sp³-hybridized carbons (Fsp3) is 0.617. The Morgan fingerprint density at radius 3 is 1.29 bits per heavy atom. The predicted octanol–water partition coefficient (Wildman–Crippen LogP) is 5.85. The molecule has 0 bridgehead atoms. The van der Waals surface area contributed by atoms with Crippen molar-refractivity contribution >= 4 is 35.8 Å². The second-order valence-electron chi connectivity index (χ2n) is 15.9. The normalized spacial score (nSPS) is 16.1. The fourth-order valence-electron chi connectivity index (χ4n) is 8.44. The molecule has 15 heteroatoms. The molecule has 9 unspecified atom stereocenters. The first kappa shape index (κ1) is 53.3. The molecule has 0 aliphatic rings. The molecular formula is C47H68O15. The van der Waals surface area contributed by atoms with E-state index in [1.165, 1.54) is 42.7 Å². The third-order valence-electron chi connectivity index (χ3n) is 12.1. The van der Waals surface area contributed by atoms with E-state index in [2.05, 4.69) is 0 Å². The number of rotatable bonds is 28. The minimum absolute atomic E-state index is 0.00448. The highest BCUT2D eigenvalue weighted by atomic mass is 16.5. The van der Waals surface area contributed by atoms with Gasteiger partial charge in [0.1, 0.15) is 6.10 Å². The molecule has 0 aromatic heterocycles. The summed E-state index contributed by atoms with van der Waals surface area (Å²) >= 11 is 0. The minimum Gasteiger partial charge on any atom is -0.469 e. The Morgan fingerprint density at radius 1 is 0.532 bits per heavy atom. The molecule has 62 heavy (non-hydrogen) atoms. The summed E-state index contributed by atoms with van der Waals surface area (Å²) in [5.41, 5.74) is 1.99. The summed E-state index contributed by atoms with van der Waals surface area (Å²) in [7, 11) is 10.4. The molecule has 1 N–H and O–H groups in total. The lowest BCUT2D eigenvalue weighted by Gasteiger charge is -2.40. The van der Waals surface area contributed by atoms with Crippen LogP contribution in [0.3, 0.4) is 0 Å². The van der Waals surface area contributed by atoms with Gasteiger partial charge in [0, 0.05) is 19.6 Å². The van der Waals surface area contributed by atoms with Crippen molar-refractivity contribution in [3.8, 4) is 0 Å². The van der Waals surface area contributed by atoms with Crippen LogP contribution in [0.5, 0.6) is 0 Å². The number of carbonyl (C=O) groups is 6. The number of hydrogen-bond acceptors (Lipinski definition) is 15. The molecule has 0 spiro atoms. The van der Waals surface area contributed by atoms with Gasteiger partial charge >= 0.3 is 35.8 Å². The lowest BCUT2D eigenvalue weighted by Crippen LogP contribution is -2.43. The first-order chi connectivity index (χ1) is 29.6. The SMILES string of the molecule is CCC(CCc1ccc(C(O)c2ccccc2)cc1)(COC)C(CC(CC(CC(CC(CC(CC(C)C(=O)OC)C(=O)OC)C(=O)OC)C(=O)OC)C(=O)OC)C(=O)OC)OC. The average molecular weight is 873 g/mol. The number of methoxy groups -OCH3 is 8. The van der Waals surface area contributed by atoms with E-state index in [1.54, 1.807) is 21.1 Å². The number of ether oxygens (including phenoxy) is 8. The molecule has 2 aromatic carbocycles. The zero-order chi connectivity index (χ0) is 46.4. The van der Waals surface area contributed by atoms with E-state index >= 15 is 0 Å². The van der Waals surface area contributed by atoms with Gasteiger partial charge in [-0.05, 0) is 74.5 Å². The Morgan fingerprint density at radius 2 is 0.919 bits per heavy atom. The molecule has 0 aliphatic heterocycles. The molecule has 2 rings (SSSR count). The Kier molecular flexibility index (Phi) is 23.4. The van der Waals surface area contributed by atoms with Crippen LogP contribution in [0.2, 0.25) is 0 Å². The molecule has 346 valence electrons. The number of aliphatic hydroxyl groups is 1. The van der Waals surface area contributed by atoms with Crippen molar-refractivity contribution < 1.29 is 71.8 Å². The van der Waals surface area contributed by atoms with Gasteiger partial charge in [0.05, 0.1) is 90.9 Å². The molecule has 0 radical (unpaired) electrons. The highest BCUT2D eigenvalue weighted by Crippen LogP contribution is 2.40. The molecule has 0 heterocycles. The van der Waals surface area contributed by atoms with E-state index in [1.807, 2.05) is 61.5 Å². The Hall–Kier alpha value is -4.86. The maximum Gasteiger partial charge on any atom is 0.308 e. The second kappa shape index (κ2) is 27.3. The maximum atomic E-state index is 13.6. The molecule has 0 aliphatic carbocycles. The number of carbonyl (C=O) groups excluding carboxylic acids is 6. The van der Waals surface area contributed by atoms with Gasteiger partial charge in [-0.25, -0.2) is 0 Å². The lowest BCUT2D eigenvalue weighted by molar-refractivity contribution is -0.154. The highest BCUT2D eigenvalue weighted by Gasteiger charge is 2.43. The van der Waals surface area contributed by atoms with E-state index in [4.69, 9.17) is 37.9 Å². The van der Waals surface area contributed by atoms with E-state index in [9.17, 15) is 33.9 Å². The number of aryl methyl sites for hydroxylation is 1. The summed E-state index contributed by atoms with van der Waals surface area (Å²) < 4.78 is 42.4.